The number of likely N-dealkylation sites (N-methyl/N-ethyl adjacent to an activating group) is 1. The van der Waals surface area contributed by atoms with Crippen molar-refractivity contribution in [3.63, 3.8) is 0 Å². The molecule has 0 radical (unpaired) electrons. The molecule has 1 aromatic rings. The van der Waals surface area contributed by atoms with E-state index in [-0.39, 0.29) is 5.82 Å². The van der Waals surface area contributed by atoms with Gasteiger partial charge in [-0.2, -0.15) is 0 Å². The predicted octanol–water partition coefficient (Wildman–Crippen LogP) is -0.522. The van der Waals surface area contributed by atoms with Crippen molar-refractivity contribution >= 4 is 0 Å². The van der Waals surface area contributed by atoms with E-state index in [4.69, 9.17) is 4.74 Å². The van der Waals surface area contributed by atoms with Crippen LogP contribution in [-0.2, 0) is 11.3 Å². The molecule has 4 N–H and O–H groups in total. The van der Waals surface area contributed by atoms with Crippen LogP contribution in [0.15, 0.2) is 18.2 Å². The van der Waals surface area contributed by atoms with E-state index in [9.17, 15) is 24.8 Å². The van der Waals surface area contributed by atoms with Crippen LogP contribution in [0.2, 0.25) is 0 Å². The molecule has 1 aromatic carbocycles. The van der Waals surface area contributed by atoms with E-state index in [2.05, 4.69) is 16.7 Å². The summed E-state index contributed by atoms with van der Waals surface area (Å²) in [5.41, 5.74) is 1.00. The molecule has 2 fully saturated rings. The van der Waals surface area contributed by atoms with Gasteiger partial charge in [0.05, 0.1) is 6.61 Å². The highest BCUT2D eigenvalue weighted by Crippen LogP contribution is 2.33. The number of piperazine rings is 1. The molecule has 152 valence electrons. The number of halogens is 1. The second kappa shape index (κ2) is 8.91. The van der Waals surface area contributed by atoms with Crippen molar-refractivity contribution in [2.45, 2.75) is 44.0 Å². The maximum Gasteiger partial charge on any atom is 0.127 e. The Morgan fingerprint density at radius 3 is 2.33 bits per heavy atom. The number of hydrogen-bond acceptors (Lipinski definition) is 7. The van der Waals surface area contributed by atoms with E-state index in [0.717, 1.165) is 32.7 Å². The summed E-state index contributed by atoms with van der Waals surface area (Å²) < 4.78 is 19.9. The monoisotopic (exact) mass is 384 g/mol. The largest absolute Gasteiger partial charge is 0.394 e. The summed E-state index contributed by atoms with van der Waals surface area (Å²) in [5.74, 6) is -0.332. The number of aliphatic hydroxyl groups is 4. The zero-order valence-corrected chi connectivity index (χ0v) is 15.5. The van der Waals surface area contributed by atoms with Crippen LogP contribution in [0, 0.1) is 5.82 Å². The van der Waals surface area contributed by atoms with Gasteiger partial charge in [-0.3, -0.25) is 4.90 Å². The smallest absolute Gasteiger partial charge is 0.127 e. The van der Waals surface area contributed by atoms with Crippen LogP contribution in [0.1, 0.15) is 24.2 Å². The van der Waals surface area contributed by atoms with Gasteiger partial charge in [-0.05, 0) is 24.2 Å². The second-order valence-corrected chi connectivity index (χ2v) is 7.31. The van der Waals surface area contributed by atoms with Crippen LogP contribution in [0.5, 0.6) is 0 Å². The number of ether oxygens (including phenoxy) is 1. The quantitative estimate of drug-likeness (QED) is 0.542. The van der Waals surface area contributed by atoms with E-state index in [1.165, 1.54) is 12.1 Å². The van der Waals surface area contributed by atoms with Crippen molar-refractivity contribution < 1.29 is 29.6 Å². The molecule has 0 unspecified atom stereocenters. The third kappa shape index (κ3) is 4.48. The molecule has 2 aliphatic rings. The van der Waals surface area contributed by atoms with Crippen molar-refractivity contribution in [3.05, 3.63) is 35.1 Å². The molecule has 0 bridgehead atoms. The number of nitrogens with zero attached hydrogens (tertiary/aromatic N) is 2. The molecule has 0 aliphatic carbocycles. The van der Waals surface area contributed by atoms with Crippen molar-refractivity contribution in [2.24, 2.45) is 0 Å². The number of benzene rings is 1. The molecule has 27 heavy (non-hydrogen) atoms. The average molecular weight is 384 g/mol. The standard InChI is InChI=1S/C19H29FN2O5/c1-2-21-5-7-22(8-6-21)10-13-9-12(3-4-14(13)20)19-18(26)17(25)16(24)15(11-23)27-19/h3-4,9,15-19,23-26H,2,5-8,10-11H2,1H3/t15-,16-,17+,18-,19+/m1/s1. The Kier molecular flexibility index (Phi) is 6.80. The van der Waals surface area contributed by atoms with Gasteiger partial charge in [0.2, 0.25) is 0 Å². The van der Waals surface area contributed by atoms with Crippen molar-refractivity contribution in [1.29, 1.82) is 0 Å². The first-order valence-corrected chi connectivity index (χ1v) is 9.48. The van der Waals surface area contributed by atoms with Crippen LogP contribution >= 0.6 is 0 Å². The Morgan fingerprint density at radius 2 is 1.70 bits per heavy atom. The SMILES string of the molecule is CCN1CCN(Cc2cc([C@@H]3O[C@H](CO)[C@@H](O)[C@H](O)[C@H]3O)ccc2F)CC1. The van der Waals surface area contributed by atoms with Crippen molar-refractivity contribution in [2.75, 3.05) is 39.3 Å². The second-order valence-electron chi connectivity index (χ2n) is 7.31. The van der Waals surface area contributed by atoms with Crippen LogP contribution < -0.4 is 0 Å². The molecular formula is C19H29FN2O5. The van der Waals surface area contributed by atoms with Crippen molar-refractivity contribution in [1.82, 2.24) is 9.80 Å². The molecule has 0 saturated carbocycles. The molecule has 5 atom stereocenters. The Labute approximate surface area is 158 Å². The Bertz CT molecular complexity index is 624. The first-order chi connectivity index (χ1) is 12.9. The van der Waals surface area contributed by atoms with Gasteiger partial charge >= 0.3 is 0 Å². The fraction of sp³-hybridized carbons (Fsp3) is 0.684. The lowest BCUT2D eigenvalue weighted by molar-refractivity contribution is -0.231. The summed E-state index contributed by atoms with van der Waals surface area (Å²) >= 11 is 0. The highest BCUT2D eigenvalue weighted by atomic mass is 19.1. The van der Waals surface area contributed by atoms with Gasteiger partial charge in [-0.1, -0.05) is 13.0 Å². The molecule has 2 heterocycles. The summed E-state index contributed by atoms with van der Waals surface area (Å²) in [6, 6.07) is 4.46. The molecule has 0 aromatic heterocycles. The highest BCUT2D eigenvalue weighted by molar-refractivity contribution is 5.28. The van der Waals surface area contributed by atoms with Gasteiger partial charge < -0.3 is 30.1 Å². The lowest BCUT2D eigenvalue weighted by Gasteiger charge is -2.40. The number of hydrogen-bond donors (Lipinski definition) is 4. The molecule has 3 rings (SSSR count). The summed E-state index contributed by atoms with van der Waals surface area (Å²) in [7, 11) is 0. The van der Waals surface area contributed by atoms with Gasteiger partial charge in [-0.25, -0.2) is 4.39 Å². The minimum atomic E-state index is -1.45. The Balaban J connectivity index is 1.74. The van der Waals surface area contributed by atoms with Crippen LogP contribution in [-0.4, -0.2) is 94.0 Å². The normalized spacial score (nSPS) is 33.3. The molecule has 8 heteroatoms. The summed E-state index contributed by atoms with van der Waals surface area (Å²) in [6.07, 6.45) is -6.15. The fourth-order valence-electron chi connectivity index (χ4n) is 3.77. The Hall–Kier alpha value is -1.13. The number of rotatable bonds is 5. The molecule has 7 nitrogen and oxygen atoms in total. The first-order valence-electron chi connectivity index (χ1n) is 9.48. The van der Waals surface area contributed by atoms with Gasteiger partial charge in [-0.15, -0.1) is 0 Å². The third-order valence-electron chi connectivity index (χ3n) is 5.60. The molecule has 0 amide bonds. The van der Waals surface area contributed by atoms with Crippen molar-refractivity contribution in [3.8, 4) is 0 Å². The van der Waals surface area contributed by atoms with Gasteiger partial charge in [0, 0.05) is 38.3 Å². The van der Waals surface area contributed by atoms with Crippen LogP contribution in [0.25, 0.3) is 0 Å². The average Bonchev–Trinajstić information content (AvgIpc) is 2.69. The molecular weight excluding hydrogens is 355 g/mol. The summed E-state index contributed by atoms with van der Waals surface area (Å²) in [4.78, 5) is 4.53. The minimum Gasteiger partial charge on any atom is -0.394 e. The predicted molar refractivity (Wildman–Crippen MR) is 96.5 cm³/mol. The molecule has 0 spiro atoms. The number of aliphatic hydroxyl groups excluding tert-OH is 4. The molecule has 2 saturated heterocycles. The highest BCUT2D eigenvalue weighted by Gasteiger charge is 2.44. The van der Waals surface area contributed by atoms with Gasteiger partial charge in [0.25, 0.3) is 0 Å². The third-order valence-corrected chi connectivity index (χ3v) is 5.60. The van der Waals surface area contributed by atoms with E-state index in [1.807, 2.05) is 0 Å². The fourth-order valence-corrected chi connectivity index (χ4v) is 3.77. The topological polar surface area (TPSA) is 96.6 Å². The minimum absolute atomic E-state index is 0.332. The zero-order valence-electron chi connectivity index (χ0n) is 15.5. The van der Waals surface area contributed by atoms with E-state index in [0.29, 0.717) is 17.7 Å². The van der Waals surface area contributed by atoms with Gasteiger partial charge in [0.15, 0.2) is 0 Å². The Morgan fingerprint density at radius 1 is 1.04 bits per heavy atom. The van der Waals surface area contributed by atoms with E-state index in [1.54, 1.807) is 6.07 Å². The van der Waals surface area contributed by atoms with E-state index < -0.39 is 37.1 Å². The maximum absolute atomic E-state index is 14.3. The van der Waals surface area contributed by atoms with Crippen LogP contribution in [0.3, 0.4) is 0 Å². The summed E-state index contributed by atoms with van der Waals surface area (Å²) in [5, 5.41) is 39.5. The van der Waals surface area contributed by atoms with Gasteiger partial charge in [0.1, 0.15) is 36.3 Å². The van der Waals surface area contributed by atoms with Crippen LogP contribution in [0.4, 0.5) is 4.39 Å². The first kappa shape index (κ1) is 20.6. The zero-order chi connectivity index (χ0) is 19.6. The lowest BCUT2D eigenvalue weighted by Crippen LogP contribution is -2.55. The summed E-state index contributed by atoms with van der Waals surface area (Å²) in [6.45, 7) is 6.71. The maximum atomic E-state index is 14.3. The lowest BCUT2D eigenvalue weighted by atomic mass is 9.90. The van der Waals surface area contributed by atoms with E-state index >= 15 is 0 Å². The molecule has 2 aliphatic heterocycles.